The topological polar surface area (TPSA) is 0 Å². The van der Waals surface area contributed by atoms with E-state index in [2.05, 4.69) is 40.8 Å². The van der Waals surface area contributed by atoms with Gasteiger partial charge in [0.2, 0.25) is 0 Å². The van der Waals surface area contributed by atoms with E-state index in [1.807, 2.05) is 0 Å². The molecule has 0 atom stereocenters. The van der Waals surface area contributed by atoms with Crippen LogP contribution in [-0.2, 0) is 0 Å². The SMILES string of the molecule is C[N+](C)(C)CCC[Si](C)(C)C. The second kappa shape index (κ2) is 3.72. The molecule has 11 heavy (non-hydrogen) atoms. The summed E-state index contributed by atoms with van der Waals surface area (Å²) in [7, 11) is 6.04. The molecule has 0 radical (unpaired) electrons. The molecule has 0 aliphatic heterocycles. The van der Waals surface area contributed by atoms with E-state index in [0.717, 1.165) is 4.48 Å². The Morgan fingerprint density at radius 2 is 1.45 bits per heavy atom. The molecule has 1 nitrogen and oxygen atoms in total. The van der Waals surface area contributed by atoms with Gasteiger partial charge in [0, 0.05) is 8.07 Å². The van der Waals surface area contributed by atoms with Crippen LogP contribution in [0.3, 0.4) is 0 Å². The van der Waals surface area contributed by atoms with Crippen LogP contribution in [0.15, 0.2) is 0 Å². The number of rotatable bonds is 4. The van der Waals surface area contributed by atoms with Crippen LogP contribution in [0.25, 0.3) is 0 Å². The first-order valence-electron chi connectivity index (χ1n) is 4.51. The molecule has 0 fully saturated rings. The van der Waals surface area contributed by atoms with Gasteiger partial charge in [-0.3, -0.25) is 0 Å². The molecule has 0 aromatic carbocycles. The maximum absolute atomic E-state index is 2.45. The van der Waals surface area contributed by atoms with Gasteiger partial charge in [0.1, 0.15) is 0 Å². The van der Waals surface area contributed by atoms with Crippen molar-refractivity contribution in [3.8, 4) is 0 Å². The maximum Gasteiger partial charge on any atom is 0.0777 e. The predicted molar refractivity (Wildman–Crippen MR) is 55.7 cm³/mol. The quantitative estimate of drug-likeness (QED) is 0.453. The lowest BCUT2D eigenvalue weighted by Crippen LogP contribution is -2.36. The van der Waals surface area contributed by atoms with Gasteiger partial charge in [0.25, 0.3) is 0 Å². The van der Waals surface area contributed by atoms with Crippen molar-refractivity contribution in [1.82, 2.24) is 0 Å². The highest BCUT2D eigenvalue weighted by Crippen LogP contribution is 2.11. The highest BCUT2D eigenvalue weighted by Gasteiger charge is 2.14. The minimum Gasteiger partial charge on any atom is -0.331 e. The Balaban J connectivity index is 3.44. The second-order valence-electron chi connectivity index (χ2n) is 5.68. The van der Waals surface area contributed by atoms with Gasteiger partial charge in [-0.05, 0) is 6.42 Å². The Bertz CT molecular complexity index is 93.7. The average Bonchev–Trinajstić information content (AvgIpc) is 1.55. The predicted octanol–water partition coefficient (Wildman–Crippen LogP) is 2.42. The van der Waals surface area contributed by atoms with Gasteiger partial charge in [-0.2, -0.15) is 0 Å². The van der Waals surface area contributed by atoms with Crippen LogP contribution in [-0.4, -0.2) is 40.2 Å². The molecule has 0 aromatic heterocycles. The Kier molecular flexibility index (Phi) is 3.78. The maximum atomic E-state index is 2.45. The minimum atomic E-state index is -0.767. The number of nitrogens with zero attached hydrogens (tertiary/aromatic N) is 1. The van der Waals surface area contributed by atoms with E-state index in [-0.39, 0.29) is 0 Å². The normalized spacial score (nSPS) is 13.6. The third-order valence-corrected chi connectivity index (χ3v) is 3.61. The number of hydrogen-bond acceptors (Lipinski definition) is 0. The van der Waals surface area contributed by atoms with E-state index in [0.29, 0.717) is 0 Å². The van der Waals surface area contributed by atoms with E-state index < -0.39 is 8.07 Å². The Morgan fingerprint density at radius 1 is 1.00 bits per heavy atom. The second-order valence-corrected chi connectivity index (χ2v) is 11.3. The molecular formula is C9H24NSi+. The zero-order valence-electron chi connectivity index (χ0n) is 9.07. The van der Waals surface area contributed by atoms with Crippen molar-refractivity contribution in [2.24, 2.45) is 0 Å². The summed E-state index contributed by atoms with van der Waals surface area (Å²) in [6.07, 6.45) is 1.40. The van der Waals surface area contributed by atoms with Crippen LogP contribution in [0.1, 0.15) is 6.42 Å². The van der Waals surface area contributed by atoms with Crippen molar-refractivity contribution in [3.05, 3.63) is 0 Å². The van der Waals surface area contributed by atoms with Gasteiger partial charge >= 0.3 is 0 Å². The molecule has 0 heterocycles. The van der Waals surface area contributed by atoms with Gasteiger partial charge in [-0.1, -0.05) is 25.7 Å². The zero-order chi connectivity index (χ0) is 9.12. The van der Waals surface area contributed by atoms with Crippen molar-refractivity contribution in [2.45, 2.75) is 32.1 Å². The zero-order valence-corrected chi connectivity index (χ0v) is 10.1. The summed E-state index contributed by atoms with van der Waals surface area (Å²) in [5.41, 5.74) is 0. The molecule has 0 aromatic rings. The van der Waals surface area contributed by atoms with Crippen molar-refractivity contribution >= 4 is 8.07 Å². The van der Waals surface area contributed by atoms with Crippen LogP contribution in [0, 0.1) is 0 Å². The van der Waals surface area contributed by atoms with Gasteiger partial charge < -0.3 is 4.48 Å². The molecule has 0 amide bonds. The van der Waals surface area contributed by atoms with Crippen LogP contribution in [0.5, 0.6) is 0 Å². The molecule has 0 bridgehead atoms. The standard InChI is InChI=1S/C9H24NSi/c1-10(2,3)8-7-9-11(4,5)6/h7-9H2,1-6H3/q+1. The van der Waals surface area contributed by atoms with Gasteiger partial charge in [-0.15, -0.1) is 0 Å². The monoisotopic (exact) mass is 174 g/mol. The molecule has 0 saturated heterocycles. The number of hydrogen-bond donors (Lipinski definition) is 0. The summed E-state index contributed by atoms with van der Waals surface area (Å²) < 4.78 is 1.12. The molecule has 0 spiro atoms. The largest absolute Gasteiger partial charge is 0.331 e. The summed E-state index contributed by atoms with van der Waals surface area (Å²) in [4.78, 5) is 0. The molecule has 0 rings (SSSR count). The molecule has 0 unspecified atom stereocenters. The fourth-order valence-electron chi connectivity index (χ4n) is 1.08. The van der Waals surface area contributed by atoms with Crippen molar-refractivity contribution in [2.75, 3.05) is 27.7 Å². The lowest BCUT2D eigenvalue weighted by molar-refractivity contribution is -0.870. The summed E-state index contributed by atoms with van der Waals surface area (Å²) >= 11 is 0. The highest BCUT2D eigenvalue weighted by atomic mass is 28.3. The lowest BCUT2D eigenvalue weighted by atomic mass is 10.4. The lowest BCUT2D eigenvalue weighted by Gasteiger charge is -2.25. The fraction of sp³-hybridized carbons (Fsp3) is 1.00. The molecule has 0 aliphatic rings. The van der Waals surface area contributed by atoms with Crippen molar-refractivity contribution in [1.29, 1.82) is 0 Å². The molecule has 0 N–H and O–H groups in total. The smallest absolute Gasteiger partial charge is 0.0777 e. The first-order chi connectivity index (χ1) is 4.71. The fourth-order valence-corrected chi connectivity index (χ4v) is 2.30. The Morgan fingerprint density at radius 3 is 1.73 bits per heavy atom. The average molecular weight is 174 g/mol. The van der Waals surface area contributed by atoms with Crippen LogP contribution >= 0.6 is 0 Å². The molecular weight excluding hydrogens is 150 g/mol. The van der Waals surface area contributed by atoms with Crippen LogP contribution < -0.4 is 0 Å². The number of quaternary nitrogens is 1. The first kappa shape index (κ1) is 11.2. The van der Waals surface area contributed by atoms with E-state index in [1.165, 1.54) is 19.0 Å². The molecule has 2 heteroatoms. The van der Waals surface area contributed by atoms with Crippen LogP contribution in [0.2, 0.25) is 25.7 Å². The van der Waals surface area contributed by atoms with E-state index in [9.17, 15) is 0 Å². The van der Waals surface area contributed by atoms with Gasteiger partial charge in [-0.25, -0.2) is 0 Å². The van der Waals surface area contributed by atoms with Gasteiger partial charge in [0.05, 0.1) is 27.7 Å². The Hall–Kier alpha value is 0.177. The van der Waals surface area contributed by atoms with Gasteiger partial charge in [0.15, 0.2) is 0 Å². The summed E-state index contributed by atoms with van der Waals surface area (Å²) in [5, 5.41) is 0. The molecule has 68 valence electrons. The van der Waals surface area contributed by atoms with Crippen molar-refractivity contribution < 1.29 is 4.48 Å². The third kappa shape index (κ3) is 10.2. The first-order valence-corrected chi connectivity index (χ1v) is 8.22. The molecule has 0 aliphatic carbocycles. The minimum absolute atomic E-state index is 0.767. The van der Waals surface area contributed by atoms with Crippen LogP contribution in [0.4, 0.5) is 0 Å². The van der Waals surface area contributed by atoms with E-state index in [1.54, 1.807) is 0 Å². The van der Waals surface area contributed by atoms with E-state index >= 15 is 0 Å². The summed E-state index contributed by atoms with van der Waals surface area (Å²) in [6.45, 7) is 8.66. The summed E-state index contributed by atoms with van der Waals surface area (Å²) in [5.74, 6) is 0. The van der Waals surface area contributed by atoms with Crippen molar-refractivity contribution in [3.63, 3.8) is 0 Å². The summed E-state index contributed by atoms with van der Waals surface area (Å²) in [6, 6.07) is 1.47. The highest BCUT2D eigenvalue weighted by molar-refractivity contribution is 6.76. The third-order valence-electron chi connectivity index (χ3n) is 1.76. The molecule has 0 saturated carbocycles. The van der Waals surface area contributed by atoms with E-state index in [4.69, 9.17) is 0 Å². The Labute approximate surface area is 73.0 Å².